The fourth-order valence-electron chi connectivity index (χ4n) is 4.94. The molecule has 0 aliphatic carbocycles. The molecule has 2 fully saturated rings. The lowest BCUT2D eigenvalue weighted by Crippen LogP contribution is -2.49. The van der Waals surface area contributed by atoms with Crippen molar-refractivity contribution >= 4 is 29.0 Å². The Morgan fingerprint density at radius 3 is 2.55 bits per heavy atom. The minimum Gasteiger partial charge on any atom is -0.490 e. The van der Waals surface area contributed by atoms with Crippen molar-refractivity contribution in [3.63, 3.8) is 0 Å². The minimum atomic E-state index is 0.0863. The van der Waals surface area contributed by atoms with Crippen LogP contribution in [0, 0.1) is 11.3 Å². The van der Waals surface area contributed by atoms with Crippen molar-refractivity contribution in [2.45, 2.75) is 55.4 Å². The number of thiophene rings is 1. The molecule has 0 N–H and O–H groups in total. The van der Waals surface area contributed by atoms with Crippen LogP contribution in [0.4, 0.5) is 0 Å². The van der Waals surface area contributed by atoms with Gasteiger partial charge in [0.25, 0.3) is 5.91 Å². The third kappa shape index (κ3) is 5.10. The van der Waals surface area contributed by atoms with E-state index in [9.17, 15) is 4.79 Å². The summed E-state index contributed by atoms with van der Waals surface area (Å²) < 4.78 is 6.20. The molecule has 1 aromatic heterocycles. The molecule has 2 aromatic carbocycles. The number of hydrogen-bond acceptors (Lipinski definition) is 5. The Bertz CT molecular complexity index is 1120. The smallest absolute Gasteiger partial charge is 0.254 e. The number of amides is 1. The molecule has 0 spiro atoms. The van der Waals surface area contributed by atoms with Crippen molar-refractivity contribution in [2.75, 3.05) is 0 Å². The van der Waals surface area contributed by atoms with E-state index in [1.165, 1.54) is 10.4 Å². The molecule has 4 nitrogen and oxygen atoms in total. The van der Waals surface area contributed by atoms with Gasteiger partial charge in [0, 0.05) is 46.9 Å². The van der Waals surface area contributed by atoms with Crippen LogP contribution in [-0.2, 0) is 11.5 Å². The second-order valence-electron chi connectivity index (χ2n) is 8.72. The van der Waals surface area contributed by atoms with Crippen LogP contribution in [0.25, 0.3) is 0 Å². The van der Waals surface area contributed by atoms with Gasteiger partial charge in [-0.3, -0.25) is 4.79 Å². The molecule has 0 radical (unpaired) electrons. The summed E-state index contributed by atoms with van der Waals surface area (Å²) in [7, 11) is 0. The van der Waals surface area contributed by atoms with Crippen molar-refractivity contribution < 1.29 is 9.53 Å². The normalized spacial score (nSPS) is 21.5. The Labute approximate surface area is 203 Å². The van der Waals surface area contributed by atoms with Crippen LogP contribution in [0.5, 0.6) is 5.75 Å². The summed E-state index contributed by atoms with van der Waals surface area (Å²) in [6.07, 6.45) is 3.84. The van der Waals surface area contributed by atoms with Crippen molar-refractivity contribution in [3.05, 3.63) is 87.6 Å². The third-order valence-corrected chi connectivity index (χ3v) is 8.60. The van der Waals surface area contributed by atoms with Crippen molar-refractivity contribution in [3.8, 4) is 11.8 Å². The maximum absolute atomic E-state index is 13.3. The fraction of sp³-hybridized carbons (Fsp3) is 0.333. The zero-order chi connectivity index (χ0) is 22.6. The van der Waals surface area contributed by atoms with E-state index in [1.807, 2.05) is 36.0 Å². The molecule has 3 aromatic rings. The number of hydrogen-bond donors (Lipinski definition) is 0. The van der Waals surface area contributed by atoms with Gasteiger partial charge in [-0.25, -0.2) is 0 Å². The molecule has 0 saturated carbocycles. The van der Waals surface area contributed by atoms with Gasteiger partial charge in [0.05, 0.1) is 11.6 Å². The van der Waals surface area contributed by atoms with Crippen LogP contribution in [0.3, 0.4) is 0 Å². The number of nitriles is 1. The van der Waals surface area contributed by atoms with Crippen LogP contribution in [0.1, 0.15) is 52.0 Å². The van der Waals surface area contributed by atoms with Gasteiger partial charge in [-0.15, -0.1) is 11.3 Å². The van der Waals surface area contributed by atoms with Gasteiger partial charge in [-0.05, 0) is 60.2 Å². The van der Waals surface area contributed by atoms with E-state index < -0.39 is 0 Å². The summed E-state index contributed by atoms with van der Waals surface area (Å²) in [5, 5.41) is 11.2. The van der Waals surface area contributed by atoms with Gasteiger partial charge in [-0.2, -0.15) is 17.0 Å². The first kappa shape index (κ1) is 22.1. The van der Waals surface area contributed by atoms with Crippen molar-refractivity contribution in [2.24, 2.45) is 0 Å². The zero-order valence-corrected chi connectivity index (χ0v) is 20.0. The molecule has 3 heterocycles. The number of thioether (sulfide) groups is 1. The van der Waals surface area contributed by atoms with Crippen LogP contribution in [0.2, 0.25) is 0 Å². The molecule has 1 amide bonds. The second-order valence-corrected chi connectivity index (χ2v) is 10.7. The monoisotopic (exact) mass is 474 g/mol. The summed E-state index contributed by atoms with van der Waals surface area (Å²) in [5.74, 6) is 2.86. The summed E-state index contributed by atoms with van der Waals surface area (Å²) >= 11 is 3.70. The Balaban J connectivity index is 1.18. The van der Waals surface area contributed by atoms with Crippen molar-refractivity contribution in [1.82, 2.24) is 4.90 Å². The van der Waals surface area contributed by atoms with E-state index in [-0.39, 0.29) is 24.1 Å². The molecule has 2 aliphatic heterocycles. The van der Waals surface area contributed by atoms with Gasteiger partial charge in [0.15, 0.2) is 0 Å². The minimum absolute atomic E-state index is 0.0863. The molecule has 2 unspecified atom stereocenters. The highest BCUT2D eigenvalue weighted by Crippen LogP contribution is 2.38. The van der Waals surface area contributed by atoms with Gasteiger partial charge in [0.2, 0.25) is 0 Å². The largest absolute Gasteiger partial charge is 0.490 e. The number of nitrogens with zero attached hydrogens (tertiary/aromatic N) is 2. The molecule has 2 saturated heterocycles. The quantitative estimate of drug-likeness (QED) is 0.405. The molecule has 2 atom stereocenters. The van der Waals surface area contributed by atoms with E-state index in [4.69, 9.17) is 10.00 Å². The molecular weight excluding hydrogens is 448 g/mol. The highest BCUT2D eigenvalue weighted by molar-refractivity contribution is 7.97. The maximum atomic E-state index is 13.3. The number of rotatable bonds is 7. The number of fused-ring (bicyclic) bond motifs is 2. The standard InChI is InChI=1S/C27H26N2O2S2/c28-16-20-3-1-4-24(13-20)31-25-14-22-10-11-23(15-25)29(22)27(30)21-8-6-19(7-9-21)17-32-18-26-5-2-12-33-26/h1-9,12-13,22-23,25H,10-11,14-15,17-18H2. The highest BCUT2D eigenvalue weighted by atomic mass is 32.2. The first-order chi connectivity index (χ1) is 16.2. The number of ether oxygens (including phenoxy) is 1. The van der Waals surface area contributed by atoms with E-state index in [0.717, 1.165) is 48.5 Å². The molecule has 5 rings (SSSR count). The molecule has 168 valence electrons. The van der Waals surface area contributed by atoms with Gasteiger partial charge < -0.3 is 9.64 Å². The van der Waals surface area contributed by atoms with Crippen molar-refractivity contribution in [1.29, 1.82) is 5.26 Å². The summed E-state index contributed by atoms with van der Waals surface area (Å²) in [4.78, 5) is 16.8. The van der Waals surface area contributed by atoms with Gasteiger partial charge in [0.1, 0.15) is 11.9 Å². The highest BCUT2D eigenvalue weighted by Gasteiger charge is 2.44. The molecule has 6 heteroatoms. The maximum Gasteiger partial charge on any atom is 0.254 e. The topological polar surface area (TPSA) is 53.3 Å². The van der Waals surface area contributed by atoms with Gasteiger partial charge in [-0.1, -0.05) is 24.3 Å². The lowest BCUT2D eigenvalue weighted by atomic mass is 9.98. The summed E-state index contributed by atoms with van der Waals surface area (Å²) in [5.41, 5.74) is 2.64. The van der Waals surface area contributed by atoms with Crippen LogP contribution in [0.15, 0.2) is 66.0 Å². The predicted octanol–water partition coefficient (Wildman–Crippen LogP) is 6.27. The van der Waals surface area contributed by atoms with Crippen LogP contribution < -0.4 is 4.74 Å². The van der Waals surface area contributed by atoms with Crippen LogP contribution >= 0.6 is 23.1 Å². The number of carbonyl (C=O) groups excluding carboxylic acids is 1. The first-order valence-corrected chi connectivity index (χ1v) is 13.4. The molecular formula is C27H26N2O2S2. The van der Waals surface area contributed by atoms with Crippen LogP contribution in [-0.4, -0.2) is 29.0 Å². The van der Waals surface area contributed by atoms with E-state index in [0.29, 0.717) is 5.56 Å². The predicted molar refractivity (Wildman–Crippen MR) is 134 cm³/mol. The zero-order valence-electron chi connectivity index (χ0n) is 18.4. The Morgan fingerprint density at radius 1 is 1.06 bits per heavy atom. The Kier molecular flexibility index (Phi) is 6.70. The van der Waals surface area contributed by atoms with E-state index >= 15 is 0 Å². The van der Waals surface area contributed by atoms with Gasteiger partial charge >= 0.3 is 0 Å². The average Bonchev–Trinajstić information content (AvgIpc) is 3.45. The molecule has 2 aliphatic rings. The summed E-state index contributed by atoms with van der Waals surface area (Å²) in [6, 6.07) is 22.4. The number of carbonyl (C=O) groups is 1. The number of benzene rings is 2. The fourth-order valence-corrected chi connectivity index (χ4v) is 6.78. The SMILES string of the molecule is N#Cc1cccc(OC2CC3CCC(C2)N3C(=O)c2ccc(CSCc3cccs3)cc2)c1. The second kappa shape index (κ2) is 10.0. The summed E-state index contributed by atoms with van der Waals surface area (Å²) in [6.45, 7) is 0. The lowest BCUT2D eigenvalue weighted by Gasteiger charge is -2.39. The first-order valence-electron chi connectivity index (χ1n) is 11.4. The average molecular weight is 475 g/mol. The van der Waals surface area contributed by atoms with E-state index in [2.05, 4.69) is 40.6 Å². The van der Waals surface area contributed by atoms with E-state index in [1.54, 1.807) is 23.5 Å². The Morgan fingerprint density at radius 2 is 1.85 bits per heavy atom. The molecule has 2 bridgehead atoms. The number of piperidine rings is 1. The molecule has 33 heavy (non-hydrogen) atoms. The third-order valence-electron chi connectivity index (χ3n) is 6.48. The Hall–Kier alpha value is -2.75. The lowest BCUT2D eigenvalue weighted by molar-refractivity contribution is 0.0359.